The maximum absolute atomic E-state index is 11.3. The van der Waals surface area contributed by atoms with E-state index in [2.05, 4.69) is 15.3 Å². The molecule has 5 nitrogen and oxygen atoms in total. The standard InChI is InChI=1S/C6H8N4O/c1-10-6(11)5-4(8-9-10)2-3-7-5/h3-5H,2H2,1H3. The van der Waals surface area contributed by atoms with E-state index in [1.165, 1.54) is 5.01 Å². The number of amides is 1. The van der Waals surface area contributed by atoms with Crippen LogP contribution in [0.25, 0.3) is 0 Å². The number of aliphatic imine (C=N–C) groups is 1. The van der Waals surface area contributed by atoms with Crippen molar-refractivity contribution in [1.82, 2.24) is 5.01 Å². The second kappa shape index (κ2) is 2.11. The minimum atomic E-state index is -0.294. The van der Waals surface area contributed by atoms with Gasteiger partial charge in [-0.3, -0.25) is 9.79 Å². The largest absolute Gasteiger partial charge is 0.282 e. The van der Waals surface area contributed by atoms with Gasteiger partial charge in [-0.25, -0.2) is 5.01 Å². The Hall–Kier alpha value is -1.26. The molecule has 0 aliphatic carbocycles. The number of fused-ring (bicyclic) bond motifs is 1. The van der Waals surface area contributed by atoms with Gasteiger partial charge in [-0.2, -0.15) is 5.11 Å². The Bertz CT molecular complexity index is 247. The summed E-state index contributed by atoms with van der Waals surface area (Å²) in [6.45, 7) is 0. The first kappa shape index (κ1) is 6.45. The summed E-state index contributed by atoms with van der Waals surface area (Å²) in [5.41, 5.74) is 0. The summed E-state index contributed by atoms with van der Waals surface area (Å²) in [7, 11) is 1.59. The molecular formula is C6H8N4O. The molecule has 2 heterocycles. The average Bonchev–Trinajstić information content (AvgIpc) is 2.45. The van der Waals surface area contributed by atoms with Gasteiger partial charge >= 0.3 is 0 Å². The minimum absolute atomic E-state index is 0.0290. The van der Waals surface area contributed by atoms with Crippen LogP contribution in [0.2, 0.25) is 0 Å². The lowest BCUT2D eigenvalue weighted by Gasteiger charge is -2.21. The molecule has 2 aliphatic heterocycles. The molecular weight excluding hydrogens is 144 g/mol. The van der Waals surface area contributed by atoms with E-state index < -0.39 is 0 Å². The van der Waals surface area contributed by atoms with Crippen LogP contribution in [-0.4, -0.2) is 36.3 Å². The summed E-state index contributed by atoms with van der Waals surface area (Å²) < 4.78 is 0. The predicted octanol–water partition coefficient (Wildman–Crippen LogP) is 0.0373. The maximum atomic E-state index is 11.3. The molecule has 0 radical (unpaired) electrons. The third kappa shape index (κ3) is 0.840. The zero-order valence-corrected chi connectivity index (χ0v) is 6.14. The minimum Gasteiger partial charge on any atom is -0.282 e. The number of carbonyl (C=O) groups excluding carboxylic acids is 1. The van der Waals surface area contributed by atoms with Gasteiger partial charge in [-0.15, -0.1) is 0 Å². The van der Waals surface area contributed by atoms with Crippen LogP contribution in [0, 0.1) is 0 Å². The van der Waals surface area contributed by atoms with Crippen LogP contribution in [0.3, 0.4) is 0 Å². The lowest BCUT2D eigenvalue weighted by Crippen LogP contribution is -2.40. The summed E-state index contributed by atoms with van der Waals surface area (Å²) in [5.74, 6) is -0.0567. The molecule has 2 atom stereocenters. The van der Waals surface area contributed by atoms with Gasteiger partial charge in [0, 0.05) is 19.7 Å². The zero-order valence-electron chi connectivity index (χ0n) is 6.14. The highest BCUT2D eigenvalue weighted by Crippen LogP contribution is 2.20. The zero-order chi connectivity index (χ0) is 7.84. The number of nitrogens with zero attached hydrogens (tertiary/aromatic N) is 4. The van der Waals surface area contributed by atoms with E-state index in [1.807, 2.05) is 0 Å². The summed E-state index contributed by atoms with van der Waals surface area (Å²) in [6, 6.07) is -0.323. The van der Waals surface area contributed by atoms with Gasteiger partial charge in [0.1, 0.15) is 6.04 Å². The van der Waals surface area contributed by atoms with Gasteiger partial charge < -0.3 is 0 Å². The third-order valence-electron chi connectivity index (χ3n) is 1.88. The average molecular weight is 152 g/mol. The molecule has 58 valence electrons. The number of hydrogen-bond acceptors (Lipinski definition) is 4. The first-order valence-corrected chi connectivity index (χ1v) is 3.49. The normalized spacial score (nSPS) is 34.6. The van der Waals surface area contributed by atoms with Crippen molar-refractivity contribution < 1.29 is 4.79 Å². The van der Waals surface area contributed by atoms with E-state index in [-0.39, 0.29) is 18.0 Å². The van der Waals surface area contributed by atoms with E-state index in [1.54, 1.807) is 13.3 Å². The van der Waals surface area contributed by atoms with Gasteiger partial charge in [-0.1, -0.05) is 5.22 Å². The monoisotopic (exact) mass is 152 g/mol. The van der Waals surface area contributed by atoms with Gasteiger partial charge in [0.25, 0.3) is 5.91 Å². The molecule has 5 heteroatoms. The Labute approximate surface area is 63.8 Å². The summed E-state index contributed by atoms with van der Waals surface area (Å²) in [6.07, 6.45) is 2.49. The molecule has 2 rings (SSSR count). The van der Waals surface area contributed by atoms with Crippen LogP contribution in [0.4, 0.5) is 0 Å². The second-order valence-corrected chi connectivity index (χ2v) is 2.65. The Morgan fingerprint density at radius 2 is 2.55 bits per heavy atom. The fraction of sp³-hybridized carbons (Fsp3) is 0.667. The molecule has 0 saturated heterocycles. The van der Waals surface area contributed by atoms with E-state index in [0.29, 0.717) is 0 Å². The highest BCUT2D eigenvalue weighted by atomic mass is 16.2. The van der Waals surface area contributed by atoms with Crippen molar-refractivity contribution in [3.8, 4) is 0 Å². The highest BCUT2D eigenvalue weighted by molar-refractivity contribution is 5.86. The van der Waals surface area contributed by atoms with Crippen LogP contribution in [0.5, 0.6) is 0 Å². The lowest BCUT2D eigenvalue weighted by atomic mass is 10.1. The van der Waals surface area contributed by atoms with Gasteiger partial charge in [0.2, 0.25) is 0 Å². The van der Waals surface area contributed by atoms with Crippen molar-refractivity contribution in [3.63, 3.8) is 0 Å². The molecule has 0 saturated carbocycles. The van der Waals surface area contributed by atoms with Crippen molar-refractivity contribution in [2.45, 2.75) is 18.5 Å². The van der Waals surface area contributed by atoms with Crippen molar-refractivity contribution in [1.29, 1.82) is 0 Å². The molecule has 1 amide bonds. The Kier molecular flexibility index (Phi) is 1.24. The quantitative estimate of drug-likeness (QED) is 0.483. The molecule has 11 heavy (non-hydrogen) atoms. The van der Waals surface area contributed by atoms with Crippen molar-refractivity contribution in [3.05, 3.63) is 0 Å². The molecule has 2 unspecified atom stereocenters. The van der Waals surface area contributed by atoms with Crippen molar-refractivity contribution >= 4 is 12.1 Å². The van der Waals surface area contributed by atoms with E-state index in [4.69, 9.17) is 0 Å². The fourth-order valence-electron chi connectivity index (χ4n) is 1.23. The van der Waals surface area contributed by atoms with E-state index >= 15 is 0 Å². The van der Waals surface area contributed by atoms with Gasteiger partial charge in [0.05, 0.1) is 0 Å². The molecule has 2 aliphatic rings. The maximum Gasteiger partial charge on any atom is 0.270 e. The van der Waals surface area contributed by atoms with Crippen LogP contribution < -0.4 is 0 Å². The SMILES string of the molecule is CN1N=NC2CC=NC2C1=O. The number of hydrogen-bond donors (Lipinski definition) is 0. The Balaban J connectivity index is 2.30. The van der Waals surface area contributed by atoms with Crippen LogP contribution in [0.15, 0.2) is 15.3 Å². The van der Waals surface area contributed by atoms with E-state index in [9.17, 15) is 4.79 Å². The first-order chi connectivity index (χ1) is 5.29. The fourth-order valence-corrected chi connectivity index (χ4v) is 1.23. The van der Waals surface area contributed by atoms with Gasteiger partial charge in [0.15, 0.2) is 6.04 Å². The van der Waals surface area contributed by atoms with Gasteiger partial charge in [-0.05, 0) is 0 Å². The summed E-state index contributed by atoms with van der Waals surface area (Å²) in [4.78, 5) is 15.3. The Morgan fingerprint density at radius 1 is 1.73 bits per heavy atom. The third-order valence-corrected chi connectivity index (χ3v) is 1.88. The van der Waals surface area contributed by atoms with Crippen LogP contribution in [0.1, 0.15) is 6.42 Å². The first-order valence-electron chi connectivity index (χ1n) is 3.49. The van der Waals surface area contributed by atoms with Crippen LogP contribution in [-0.2, 0) is 4.79 Å². The molecule has 0 aromatic rings. The smallest absolute Gasteiger partial charge is 0.270 e. The van der Waals surface area contributed by atoms with Crippen LogP contribution >= 0.6 is 0 Å². The number of likely N-dealkylation sites (N-methyl/N-ethyl adjacent to an activating group) is 1. The summed E-state index contributed by atoms with van der Waals surface area (Å²) in [5, 5.41) is 8.85. The number of carbonyl (C=O) groups is 1. The molecule has 0 N–H and O–H groups in total. The Morgan fingerprint density at radius 3 is 3.36 bits per heavy atom. The molecule has 0 fully saturated rings. The lowest BCUT2D eigenvalue weighted by molar-refractivity contribution is -0.133. The van der Waals surface area contributed by atoms with E-state index in [0.717, 1.165) is 6.42 Å². The molecule has 0 aromatic heterocycles. The topological polar surface area (TPSA) is 57.4 Å². The molecule has 0 spiro atoms. The summed E-state index contributed by atoms with van der Waals surface area (Å²) >= 11 is 0. The predicted molar refractivity (Wildman–Crippen MR) is 38.3 cm³/mol. The second-order valence-electron chi connectivity index (χ2n) is 2.65. The number of rotatable bonds is 0. The van der Waals surface area contributed by atoms with Crippen molar-refractivity contribution in [2.24, 2.45) is 15.3 Å². The highest BCUT2D eigenvalue weighted by Gasteiger charge is 2.36. The molecule has 0 bridgehead atoms. The van der Waals surface area contributed by atoms with Crippen molar-refractivity contribution in [2.75, 3.05) is 7.05 Å². The molecule has 0 aromatic carbocycles.